The highest BCUT2D eigenvalue weighted by Crippen LogP contribution is 2.72. The highest BCUT2D eigenvalue weighted by Gasteiger charge is 2.63. The van der Waals surface area contributed by atoms with Crippen molar-refractivity contribution in [2.24, 2.45) is 131 Å². The Balaban J connectivity index is 0.000000112. The maximum atomic E-state index is 12.5. The number of phosphoric ester groups is 1. The molecule has 25 nitrogen and oxygen atoms in total. The van der Waals surface area contributed by atoms with Crippen LogP contribution in [0.15, 0.2) is 193 Å². The van der Waals surface area contributed by atoms with Crippen molar-refractivity contribution < 1.29 is 65.2 Å². The molecule has 0 spiro atoms. The number of nitrogens with zero attached hydrogens (tertiary/aromatic N) is 8. The number of rotatable bonds is 17. The second-order valence-electron chi connectivity index (χ2n) is 47.6. The summed E-state index contributed by atoms with van der Waals surface area (Å²) >= 11 is 0. The number of esters is 2. The number of carbonyl (C=O) groups excluding carboxylic acids is 3. The van der Waals surface area contributed by atoms with Gasteiger partial charge in [0, 0.05) is 57.3 Å². The number of carbonyl (C=O) groups is 4. The third-order valence-corrected chi connectivity index (χ3v) is 41.5. The SMILES string of the molecule is CC(C)C(N)C(=O)NCC(=O)O[C@H]1CC[C@@]2(C)C(=CCC3C2CC[C@]2(C)C(n4cnc5ccccc54)=CCC32)C1.C[C@]12CC[C@H](OC(=O)CCC(=O)O)CC1=CCC1C2CC[C@]2(C)C(n3cnc4ccccc43)=CCC12.C[C@]12CC[C@H](OP(=O)(O)O)CC1=CCC1C2CC[C@]2(C)C(n3cnc4ccccc43)=CCC12.C[C@]12CC[C@H](OS(N)(=O)=O)CC1=CCC1C2CC[C@]2(C)C(n3cnc4ccccc43)=CCC12. The molecule has 8 saturated carbocycles. The number of aromatic nitrogens is 8. The predicted octanol–water partition coefficient (Wildman–Crippen LogP) is 22.7. The van der Waals surface area contributed by atoms with Crippen molar-refractivity contribution in [3.63, 3.8) is 0 Å². The number of hydrogen-bond donors (Lipinski definition) is 6. The summed E-state index contributed by atoms with van der Waals surface area (Å²) in [5.41, 5.74) is 27.4. The second kappa shape index (κ2) is 37.5. The van der Waals surface area contributed by atoms with Gasteiger partial charge in [-0.2, -0.15) is 8.42 Å². The number of carboxylic acids is 1. The van der Waals surface area contributed by atoms with Gasteiger partial charge in [-0.25, -0.2) is 29.6 Å². The van der Waals surface area contributed by atoms with Gasteiger partial charge in [0.25, 0.3) is 0 Å². The smallest absolute Gasteiger partial charge is 0.469 e. The lowest BCUT2D eigenvalue weighted by atomic mass is 9.47. The highest BCUT2D eigenvalue weighted by molar-refractivity contribution is 7.84. The Labute approximate surface area is 835 Å². The van der Waals surface area contributed by atoms with Crippen molar-refractivity contribution in [1.29, 1.82) is 0 Å². The molecule has 0 aliphatic heterocycles. The fourth-order valence-corrected chi connectivity index (χ4v) is 33.9. The first-order chi connectivity index (χ1) is 67.8. The van der Waals surface area contributed by atoms with Crippen LogP contribution in [0.3, 0.4) is 0 Å². The number of carboxylic acid groups (broad SMARTS) is 1. The number of allylic oxidation sites excluding steroid dienone is 12. The normalized spacial score (nSPS) is 36.3. The number of fused-ring (bicyclic) bond motifs is 24. The number of ether oxygens (including phenoxy) is 2. The van der Waals surface area contributed by atoms with E-state index in [1.165, 1.54) is 119 Å². The average Bonchev–Trinajstić information content (AvgIpc) is 1.50. The van der Waals surface area contributed by atoms with Gasteiger partial charge in [-0.05, 0) is 314 Å². The summed E-state index contributed by atoms with van der Waals surface area (Å²) in [4.78, 5) is 84.8. The lowest BCUT2D eigenvalue weighted by Gasteiger charge is -2.57. The molecule has 0 saturated heterocycles. The van der Waals surface area contributed by atoms with Gasteiger partial charge in [0.1, 0.15) is 44.1 Å². The van der Waals surface area contributed by atoms with Crippen molar-refractivity contribution in [2.45, 2.75) is 292 Å². The van der Waals surface area contributed by atoms with Crippen LogP contribution in [0, 0.1) is 120 Å². The first-order valence-electron chi connectivity index (χ1n) is 53.2. The molecule has 0 bridgehead atoms. The minimum Gasteiger partial charge on any atom is -0.481 e. The molecule has 16 aliphatic rings. The van der Waals surface area contributed by atoms with Gasteiger partial charge < -0.3 is 53.7 Å². The minimum atomic E-state index is -4.45. The molecule has 8 N–H and O–H groups in total. The van der Waals surface area contributed by atoms with Crippen molar-refractivity contribution in [1.82, 2.24) is 43.5 Å². The molecule has 0 radical (unpaired) electrons. The Bertz CT molecular complexity index is 6720. The molecule has 16 aliphatic carbocycles. The number of nitrogens with two attached hydrogens (primary N) is 2. The summed E-state index contributed by atoms with van der Waals surface area (Å²) in [5.74, 6) is 5.69. The van der Waals surface area contributed by atoms with E-state index in [-0.39, 0.29) is 111 Å². The van der Waals surface area contributed by atoms with Crippen LogP contribution >= 0.6 is 7.82 Å². The Hall–Kier alpha value is -9.50. The zero-order chi connectivity index (χ0) is 99.3. The zero-order valence-electron chi connectivity index (χ0n) is 84.4. The van der Waals surface area contributed by atoms with E-state index in [0.717, 1.165) is 131 Å². The van der Waals surface area contributed by atoms with Gasteiger partial charge in [-0.15, -0.1) is 0 Å². The Morgan fingerprint density at radius 3 is 1.01 bits per heavy atom. The third-order valence-electron chi connectivity index (χ3n) is 40.4. The number of para-hydroxylation sites is 8. The number of imidazole rings is 4. The second-order valence-corrected chi connectivity index (χ2v) is 50.0. The van der Waals surface area contributed by atoms with Crippen LogP contribution in [0.4, 0.5) is 0 Å². The molecule has 4 aromatic carbocycles. The predicted molar refractivity (Wildman–Crippen MR) is 552 cm³/mol. The fourth-order valence-electron chi connectivity index (χ4n) is 32.8. The van der Waals surface area contributed by atoms with Crippen molar-refractivity contribution >= 4 is 109 Å². The Morgan fingerprint density at radius 1 is 0.408 bits per heavy atom. The van der Waals surface area contributed by atoms with Crippen LogP contribution in [-0.4, -0.2) is 122 Å². The molecule has 1 amide bonds. The van der Waals surface area contributed by atoms with Crippen LogP contribution in [0.5, 0.6) is 0 Å². The monoisotopic (exact) mass is 1970 g/mol. The van der Waals surface area contributed by atoms with E-state index >= 15 is 0 Å². The standard InChI is InChI=1S/C33H44N4O3.C30H36N2O4.C26H33N3O3S.C26H33N2O4P/c1-20(2)30(34)31(39)35-18-29(38)40-22-13-15-32(3)21(17-22)9-10-23-24-11-12-28(33(24,4)16-14-25(23)32)37-19-36-26-7-5-6-8-27(26)37;1-29-15-13-20(36-28(35)12-11-27(33)34)17-19(29)7-8-21-22-9-10-26(30(22,2)16-14-23(21)29)32-18-31-24-5-3-4-6-25(24)32;1-25-13-11-18(32-33(27,30)31)15-17(25)7-8-19-20-9-10-24(26(20,2)14-12-21(19)25)29-16-28-22-5-3-4-6-23(22)29;1-25-13-11-18(32-33(29,30)31)15-17(25)7-8-19-20-9-10-24(26(20,2)14-12-21(19)25)28-16-27-22-5-3-4-6-23(22)28/h5-9,12,19-20,22-25,30H,10-11,13-18,34H2,1-4H3,(H,35,39);3-7,10,18,20-23H,8-9,11-17H2,1-2H3,(H,33,34);3-7,10,16,18-21H,8-9,11-15H2,1-2H3,(H2,27,30,31);3-7,10,16,18-21H,8-9,11-15H2,1-2H3,(H2,29,30,31)/t22-,23?,24?,25?,30?,32-,33-;20-,21?,22?,23?,29-,30-;2*18-,19?,20?,21?,25-,26-/m0000/s1. The maximum Gasteiger partial charge on any atom is 0.469 e. The van der Waals surface area contributed by atoms with Crippen LogP contribution in [0.25, 0.3) is 66.9 Å². The molecular formula is C115H146N11O14PS. The van der Waals surface area contributed by atoms with Crippen molar-refractivity contribution in [2.75, 3.05) is 6.54 Å². The van der Waals surface area contributed by atoms with E-state index in [2.05, 4.69) is 227 Å². The summed E-state index contributed by atoms with van der Waals surface area (Å²) < 4.78 is 65.4. The van der Waals surface area contributed by atoms with Crippen LogP contribution in [0.2, 0.25) is 0 Å². The molecule has 25 atom stereocenters. The van der Waals surface area contributed by atoms with Gasteiger partial charge in [0.15, 0.2) is 0 Å². The van der Waals surface area contributed by atoms with Crippen LogP contribution < -0.4 is 16.2 Å². The third kappa shape index (κ3) is 17.4. The summed E-state index contributed by atoms with van der Waals surface area (Å²) in [5, 5.41) is 16.6. The van der Waals surface area contributed by atoms with Crippen LogP contribution in [0.1, 0.15) is 262 Å². The molecule has 8 aromatic rings. The molecular weight excluding hydrogens is 1820 g/mol. The molecule has 4 heterocycles. The van der Waals surface area contributed by atoms with Crippen molar-refractivity contribution in [3.8, 4) is 0 Å². The average molecular weight is 1970 g/mol. The first kappa shape index (κ1) is 98.5. The quantitative estimate of drug-likeness (QED) is 0.0280. The number of hydrogen-bond acceptors (Lipinski definition) is 16. The van der Waals surface area contributed by atoms with Crippen molar-refractivity contribution in [3.05, 3.63) is 193 Å². The largest absolute Gasteiger partial charge is 0.481 e. The van der Waals surface area contributed by atoms with Gasteiger partial charge in [0.05, 0.1) is 75.2 Å². The topological polar surface area (TPSA) is 352 Å². The Morgan fingerprint density at radius 2 is 0.697 bits per heavy atom. The lowest BCUT2D eigenvalue weighted by Crippen LogP contribution is -2.50. The van der Waals surface area contributed by atoms with Crippen LogP contribution in [-0.2, 0) is 52.2 Å². The van der Waals surface area contributed by atoms with E-state index in [1.807, 2.05) is 51.3 Å². The fraction of sp³-hybridized carbons (Fsp3) is 0.583. The van der Waals surface area contributed by atoms with E-state index in [0.29, 0.717) is 90.3 Å². The highest BCUT2D eigenvalue weighted by atomic mass is 32.2. The van der Waals surface area contributed by atoms with Gasteiger partial charge in [0.2, 0.25) is 5.91 Å². The lowest BCUT2D eigenvalue weighted by molar-refractivity contribution is -0.154. The van der Waals surface area contributed by atoms with Gasteiger partial charge >= 0.3 is 36.0 Å². The molecule has 24 rings (SSSR count). The summed E-state index contributed by atoms with van der Waals surface area (Å²) in [6.45, 7) is 23.3. The first-order valence-corrected chi connectivity index (χ1v) is 56.2. The molecule has 756 valence electrons. The number of aliphatic carboxylic acids is 1. The van der Waals surface area contributed by atoms with Gasteiger partial charge in [-0.3, -0.25) is 27.9 Å². The summed E-state index contributed by atoms with van der Waals surface area (Å²) in [7, 11) is -8.36. The molecule has 142 heavy (non-hydrogen) atoms. The summed E-state index contributed by atoms with van der Waals surface area (Å²) in [6, 6.07) is 33.0. The molecule has 4 aromatic heterocycles. The Kier molecular flexibility index (Phi) is 26.0. The molecule has 13 unspecified atom stereocenters. The molecule has 27 heteroatoms. The number of nitrogens with one attached hydrogen (secondary N) is 1. The minimum absolute atomic E-state index is 0.0177. The summed E-state index contributed by atoms with van der Waals surface area (Å²) in [6.07, 6.45) is 55.1. The van der Waals surface area contributed by atoms with Gasteiger partial charge in [-0.1, -0.05) is 189 Å². The number of benzene rings is 4. The zero-order valence-corrected chi connectivity index (χ0v) is 86.1. The number of amides is 1. The molecule has 8 fully saturated rings. The van der Waals surface area contributed by atoms with E-state index in [9.17, 15) is 41.9 Å². The van der Waals surface area contributed by atoms with E-state index in [1.54, 1.807) is 0 Å². The van der Waals surface area contributed by atoms with E-state index < -0.39 is 30.1 Å². The van der Waals surface area contributed by atoms with E-state index in [4.69, 9.17) is 39.1 Å². The number of phosphoric acid groups is 1. The maximum absolute atomic E-state index is 12.5.